The Morgan fingerprint density at radius 3 is 2.50 bits per heavy atom. The molecule has 5 nitrogen and oxygen atoms in total. The van der Waals surface area contributed by atoms with Gasteiger partial charge in [-0.2, -0.15) is 0 Å². The smallest absolute Gasteiger partial charge is 0.312 e. The Hall–Kier alpha value is -1.30. The number of nitrogens with one attached hydrogen (secondary N) is 1. The van der Waals surface area contributed by atoms with E-state index in [9.17, 15) is 14.7 Å². The lowest BCUT2D eigenvalue weighted by Crippen LogP contribution is -2.58. The van der Waals surface area contributed by atoms with E-state index < -0.39 is 16.9 Å². The number of amides is 1. The van der Waals surface area contributed by atoms with Crippen LogP contribution in [0.15, 0.2) is 18.2 Å². The zero-order valence-corrected chi connectivity index (χ0v) is 15.8. The summed E-state index contributed by atoms with van der Waals surface area (Å²) < 4.78 is 5.34. The van der Waals surface area contributed by atoms with Gasteiger partial charge in [-0.15, -0.1) is 0 Å². The molecule has 4 saturated carbocycles. The van der Waals surface area contributed by atoms with E-state index in [1.54, 1.807) is 12.1 Å². The highest BCUT2D eigenvalue weighted by molar-refractivity contribution is 6.36. The van der Waals surface area contributed by atoms with Gasteiger partial charge in [0, 0.05) is 5.02 Å². The van der Waals surface area contributed by atoms with Gasteiger partial charge in [0.25, 0.3) is 5.91 Å². The number of carbonyl (C=O) groups is 2. The molecule has 5 rings (SSSR count). The standard InChI is InChI=1S/C19H21Cl2NO4/c20-13-1-2-15(14(21)4-13)22-16(23)9-26-17(24)18-5-11-3-12(6-18)8-19(25,7-11)10-18/h1-2,4,11-12,25H,3,5-10H2,(H,22,23)/t11-,12+,18?,19?. The number of anilines is 1. The van der Waals surface area contributed by atoms with Gasteiger partial charge in [-0.05, 0) is 68.6 Å². The van der Waals surface area contributed by atoms with Crippen LogP contribution in [-0.4, -0.2) is 29.2 Å². The molecule has 0 spiro atoms. The van der Waals surface area contributed by atoms with Crippen LogP contribution in [0.25, 0.3) is 0 Å². The molecule has 4 atom stereocenters. The van der Waals surface area contributed by atoms with Crippen molar-refractivity contribution in [3.8, 4) is 0 Å². The maximum atomic E-state index is 12.8. The summed E-state index contributed by atoms with van der Waals surface area (Å²) in [6, 6.07) is 4.74. The monoisotopic (exact) mass is 397 g/mol. The Morgan fingerprint density at radius 2 is 1.88 bits per heavy atom. The molecular formula is C19H21Cl2NO4. The lowest BCUT2D eigenvalue weighted by molar-refractivity contribution is -0.196. The van der Waals surface area contributed by atoms with E-state index in [-0.39, 0.29) is 12.6 Å². The lowest BCUT2D eigenvalue weighted by atomic mass is 9.48. The van der Waals surface area contributed by atoms with Crippen LogP contribution in [-0.2, 0) is 14.3 Å². The van der Waals surface area contributed by atoms with Crippen molar-refractivity contribution in [2.24, 2.45) is 17.3 Å². The minimum absolute atomic E-state index is 0.320. The second-order valence-electron chi connectivity index (χ2n) is 8.21. The van der Waals surface area contributed by atoms with Gasteiger partial charge < -0.3 is 15.2 Å². The minimum Gasteiger partial charge on any atom is -0.455 e. The number of hydrogen-bond acceptors (Lipinski definition) is 4. The first-order valence-electron chi connectivity index (χ1n) is 8.92. The van der Waals surface area contributed by atoms with Gasteiger partial charge >= 0.3 is 5.97 Å². The predicted octanol–water partition coefficient (Wildman–Crippen LogP) is 3.81. The van der Waals surface area contributed by atoms with Crippen LogP contribution in [0.4, 0.5) is 5.69 Å². The first-order chi connectivity index (χ1) is 12.3. The predicted molar refractivity (Wildman–Crippen MR) is 98.1 cm³/mol. The van der Waals surface area contributed by atoms with E-state index in [1.807, 2.05) is 0 Å². The highest BCUT2D eigenvalue weighted by Gasteiger charge is 2.60. The molecular weight excluding hydrogens is 377 g/mol. The maximum absolute atomic E-state index is 12.8. The molecule has 1 amide bonds. The van der Waals surface area contributed by atoms with Gasteiger partial charge in [0.15, 0.2) is 6.61 Å². The van der Waals surface area contributed by atoms with E-state index in [0.29, 0.717) is 34.0 Å². The van der Waals surface area contributed by atoms with E-state index in [1.165, 1.54) is 6.07 Å². The normalized spacial score (nSPS) is 34.6. The lowest BCUT2D eigenvalue weighted by Gasteiger charge is -2.58. The molecule has 7 heteroatoms. The van der Waals surface area contributed by atoms with Crippen LogP contribution in [0, 0.1) is 17.3 Å². The number of hydrogen-bond donors (Lipinski definition) is 2. The van der Waals surface area contributed by atoms with E-state index in [0.717, 1.165) is 32.1 Å². The summed E-state index contributed by atoms with van der Waals surface area (Å²) in [6.07, 6.45) is 4.63. The van der Waals surface area contributed by atoms with E-state index in [4.69, 9.17) is 27.9 Å². The molecule has 26 heavy (non-hydrogen) atoms. The summed E-state index contributed by atoms with van der Waals surface area (Å²) in [5.41, 5.74) is -0.944. The second kappa shape index (κ2) is 6.39. The number of carbonyl (C=O) groups excluding carboxylic acids is 2. The molecule has 0 aliphatic heterocycles. The van der Waals surface area contributed by atoms with Crippen molar-refractivity contribution in [2.75, 3.05) is 11.9 Å². The quantitative estimate of drug-likeness (QED) is 0.757. The van der Waals surface area contributed by atoms with Crippen LogP contribution in [0.5, 0.6) is 0 Å². The van der Waals surface area contributed by atoms with Crippen LogP contribution in [0.1, 0.15) is 38.5 Å². The summed E-state index contributed by atoms with van der Waals surface area (Å²) in [5.74, 6) is -0.0422. The number of esters is 1. The van der Waals surface area contributed by atoms with Gasteiger partial charge in [-0.25, -0.2) is 0 Å². The molecule has 4 fully saturated rings. The SMILES string of the molecule is O=C(COC(=O)C12C[C@@H]3C[C@@H](CC(O)(C3)C1)C2)Nc1ccc(Cl)cc1Cl. The Balaban J connectivity index is 1.37. The molecule has 2 N–H and O–H groups in total. The molecule has 4 aliphatic rings. The van der Waals surface area contributed by atoms with Crippen LogP contribution in [0.2, 0.25) is 10.0 Å². The van der Waals surface area contributed by atoms with Gasteiger partial charge in [0.05, 0.1) is 21.7 Å². The van der Waals surface area contributed by atoms with Crippen molar-refractivity contribution >= 4 is 40.8 Å². The Kier molecular flexibility index (Phi) is 4.45. The largest absolute Gasteiger partial charge is 0.455 e. The van der Waals surface area contributed by atoms with Crippen molar-refractivity contribution in [1.29, 1.82) is 0 Å². The van der Waals surface area contributed by atoms with Gasteiger partial charge in [0.1, 0.15) is 0 Å². The van der Waals surface area contributed by atoms with Crippen LogP contribution >= 0.6 is 23.2 Å². The van der Waals surface area contributed by atoms with Crippen LogP contribution < -0.4 is 5.32 Å². The topological polar surface area (TPSA) is 75.6 Å². The zero-order valence-electron chi connectivity index (χ0n) is 14.3. The summed E-state index contributed by atoms with van der Waals surface area (Å²) in [7, 11) is 0. The number of halogens is 2. The zero-order chi connectivity index (χ0) is 18.5. The average molecular weight is 398 g/mol. The number of aliphatic hydroxyl groups is 1. The summed E-state index contributed by atoms with van der Waals surface area (Å²) in [5, 5.41) is 14.1. The fourth-order valence-electron chi connectivity index (χ4n) is 5.51. The van der Waals surface area contributed by atoms with Crippen molar-refractivity contribution in [1.82, 2.24) is 0 Å². The first-order valence-corrected chi connectivity index (χ1v) is 9.67. The van der Waals surface area contributed by atoms with Crippen molar-refractivity contribution < 1.29 is 19.4 Å². The third-order valence-electron chi connectivity index (χ3n) is 6.00. The fraction of sp³-hybridized carbons (Fsp3) is 0.579. The van der Waals surface area contributed by atoms with Gasteiger partial charge in [-0.1, -0.05) is 23.2 Å². The van der Waals surface area contributed by atoms with E-state index >= 15 is 0 Å². The third-order valence-corrected chi connectivity index (χ3v) is 6.55. The maximum Gasteiger partial charge on any atom is 0.312 e. The molecule has 0 heterocycles. The Labute approximate surface area is 162 Å². The molecule has 1 aromatic carbocycles. The molecule has 4 bridgehead atoms. The van der Waals surface area contributed by atoms with Crippen molar-refractivity contribution in [2.45, 2.75) is 44.1 Å². The Morgan fingerprint density at radius 1 is 1.19 bits per heavy atom. The average Bonchev–Trinajstić information content (AvgIpc) is 2.53. The molecule has 0 radical (unpaired) electrons. The van der Waals surface area contributed by atoms with Crippen molar-refractivity contribution in [3.05, 3.63) is 28.2 Å². The molecule has 140 valence electrons. The highest BCUT2D eigenvalue weighted by atomic mass is 35.5. The van der Waals surface area contributed by atoms with E-state index in [2.05, 4.69) is 5.32 Å². The summed E-state index contributed by atoms with van der Waals surface area (Å²) in [4.78, 5) is 24.9. The molecule has 0 aromatic heterocycles. The molecule has 0 saturated heterocycles. The number of benzene rings is 1. The molecule has 4 aliphatic carbocycles. The molecule has 1 aromatic rings. The Bertz CT molecular complexity index is 752. The highest BCUT2D eigenvalue weighted by Crippen LogP contribution is 2.61. The van der Waals surface area contributed by atoms with Crippen LogP contribution in [0.3, 0.4) is 0 Å². The molecule has 2 unspecified atom stereocenters. The second-order valence-corrected chi connectivity index (χ2v) is 9.06. The fourth-order valence-corrected chi connectivity index (χ4v) is 5.97. The first kappa shape index (κ1) is 18.1. The third kappa shape index (κ3) is 3.32. The summed E-state index contributed by atoms with van der Waals surface area (Å²) in [6.45, 7) is -0.368. The number of rotatable bonds is 4. The van der Waals surface area contributed by atoms with Crippen molar-refractivity contribution in [3.63, 3.8) is 0 Å². The van der Waals surface area contributed by atoms with Gasteiger partial charge in [0.2, 0.25) is 0 Å². The number of ether oxygens (including phenoxy) is 1. The van der Waals surface area contributed by atoms with Gasteiger partial charge in [-0.3, -0.25) is 9.59 Å². The summed E-state index contributed by atoms with van der Waals surface area (Å²) >= 11 is 11.9. The minimum atomic E-state index is -0.734.